The number of rotatable bonds is 3. The Morgan fingerprint density at radius 2 is 1.93 bits per heavy atom. The number of pyridine rings is 1. The zero-order chi connectivity index (χ0) is 20.5. The van der Waals surface area contributed by atoms with Crippen molar-refractivity contribution < 1.29 is 14.3 Å². The molecule has 1 fully saturated rings. The molecule has 6 nitrogen and oxygen atoms in total. The van der Waals surface area contributed by atoms with E-state index in [1.54, 1.807) is 23.8 Å². The van der Waals surface area contributed by atoms with Crippen molar-refractivity contribution >= 4 is 11.9 Å². The van der Waals surface area contributed by atoms with Crippen molar-refractivity contribution in [2.24, 2.45) is 0 Å². The van der Waals surface area contributed by atoms with Crippen molar-refractivity contribution in [3.8, 4) is 5.69 Å². The number of piperidine rings is 1. The summed E-state index contributed by atoms with van der Waals surface area (Å²) in [5.41, 5.74) is 3.73. The van der Waals surface area contributed by atoms with Gasteiger partial charge in [-0.05, 0) is 74.3 Å². The number of benzene rings is 1. The first-order chi connectivity index (χ1) is 14.0. The molecule has 0 radical (unpaired) electrons. The molecule has 0 spiro atoms. The quantitative estimate of drug-likeness (QED) is 0.751. The van der Waals surface area contributed by atoms with Gasteiger partial charge in [0.15, 0.2) is 0 Å². The molecule has 1 amide bonds. The Morgan fingerprint density at radius 1 is 1.10 bits per heavy atom. The van der Waals surface area contributed by atoms with E-state index in [4.69, 9.17) is 4.74 Å². The topological polar surface area (TPSA) is 68.6 Å². The highest BCUT2D eigenvalue weighted by Gasteiger charge is 2.35. The number of likely N-dealkylation sites (tertiary alicyclic amines) is 1. The third-order valence-corrected chi connectivity index (χ3v) is 6.13. The Kier molecular flexibility index (Phi) is 5.26. The minimum Gasteiger partial charge on any atom is -0.467 e. The Labute approximate surface area is 170 Å². The number of fused-ring (bicyclic) bond motifs is 1. The number of methoxy groups -OCH3 is 1. The van der Waals surface area contributed by atoms with E-state index >= 15 is 0 Å². The van der Waals surface area contributed by atoms with Crippen molar-refractivity contribution in [3.05, 3.63) is 63.1 Å². The van der Waals surface area contributed by atoms with Crippen LogP contribution in [0.3, 0.4) is 0 Å². The summed E-state index contributed by atoms with van der Waals surface area (Å²) in [6.07, 6.45) is 7.01. The molecule has 0 N–H and O–H groups in total. The number of amides is 1. The van der Waals surface area contributed by atoms with E-state index in [2.05, 4.69) is 6.07 Å². The van der Waals surface area contributed by atoms with Crippen molar-refractivity contribution in [1.29, 1.82) is 0 Å². The summed E-state index contributed by atoms with van der Waals surface area (Å²) in [5.74, 6) is -0.808. The molecule has 2 heterocycles. The Bertz CT molecular complexity index is 1020. The van der Waals surface area contributed by atoms with Gasteiger partial charge in [-0.3, -0.25) is 14.2 Å². The van der Waals surface area contributed by atoms with Crippen LogP contribution in [0.5, 0.6) is 0 Å². The van der Waals surface area contributed by atoms with E-state index in [9.17, 15) is 14.4 Å². The summed E-state index contributed by atoms with van der Waals surface area (Å²) >= 11 is 0. The number of hydrogen-bond donors (Lipinski definition) is 0. The largest absolute Gasteiger partial charge is 0.467 e. The van der Waals surface area contributed by atoms with E-state index in [-0.39, 0.29) is 17.0 Å². The lowest BCUT2D eigenvalue weighted by atomic mass is 10.00. The summed E-state index contributed by atoms with van der Waals surface area (Å²) in [4.78, 5) is 40.5. The van der Waals surface area contributed by atoms with Crippen LogP contribution in [0.2, 0.25) is 0 Å². The molecule has 1 aliphatic heterocycles. The van der Waals surface area contributed by atoms with Gasteiger partial charge in [0, 0.05) is 12.7 Å². The first-order valence-corrected chi connectivity index (χ1v) is 10.2. The van der Waals surface area contributed by atoms with Gasteiger partial charge < -0.3 is 9.64 Å². The molecular formula is C23H26N2O4. The van der Waals surface area contributed by atoms with Crippen LogP contribution >= 0.6 is 0 Å². The molecular weight excluding hydrogens is 368 g/mol. The number of nitrogens with zero attached hydrogens (tertiary/aromatic N) is 2. The molecule has 1 unspecified atom stereocenters. The van der Waals surface area contributed by atoms with E-state index < -0.39 is 12.0 Å². The molecule has 0 bridgehead atoms. The molecule has 152 valence electrons. The van der Waals surface area contributed by atoms with Crippen molar-refractivity contribution in [2.75, 3.05) is 13.7 Å². The number of esters is 1. The highest BCUT2D eigenvalue weighted by Crippen LogP contribution is 2.27. The number of aryl methyl sites for hydroxylation is 2. The molecule has 1 aromatic heterocycles. The summed E-state index contributed by atoms with van der Waals surface area (Å²) < 4.78 is 6.48. The molecule has 6 heteroatoms. The van der Waals surface area contributed by atoms with Gasteiger partial charge in [-0.25, -0.2) is 4.79 Å². The average Bonchev–Trinajstić information content (AvgIpc) is 3.22. The van der Waals surface area contributed by atoms with Crippen LogP contribution in [0, 0.1) is 6.92 Å². The molecule has 2 aliphatic rings. The maximum absolute atomic E-state index is 13.4. The smallest absolute Gasteiger partial charge is 0.328 e. The van der Waals surface area contributed by atoms with Crippen LogP contribution < -0.4 is 5.56 Å². The fourth-order valence-corrected chi connectivity index (χ4v) is 4.60. The predicted octanol–water partition coefficient (Wildman–Crippen LogP) is 2.80. The lowest BCUT2D eigenvalue weighted by Crippen LogP contribution is -2.50. The van der Waals surface area contributed by atoms with Crippen LogP contribution in [0.25, 0.3) is 5.69 Å². The molecule has 29 heavy (non-hydrogen) atoms. The van der Waals surface area contributed by atoms with Crippen molar-refractivity contribution in [1.82, 2.24) is 9.47 Å². The predicted molar refractivity (Wildman–Crippen MR) is 109 cm³/mol. The lowest BCUT2D eigenvalue weighted by molar-refractivity contribution is -0.147. The van der Waals surface area contributed by atoms with Crippen LogP contribution in [-0.2, 0) is 22.4 Å². The fourth-order valence-electron chi connectivity index (χ4n) is 4.60. The second-order valence-electron chi connectivity index (χ2n) is 7.85. The van der Waals surface area contributed by atoms with E-state index in [1.165, 1.54) is 23.1 Å². The van der Waals surface area contributed by atoms with Gasteiger partial charge in [-0.15, -0.1) is 0 Å². The molecule has 0 saturated carbocycles. The van der Waals surface area contributed by atoms with Gasteiger partial charge in [0.1, 0.15) is 11.6 Å². The molecule has 1 saturated heterocycles. The molecule has 2 aromatic rings. The van der Waals surface area contributed by atoms with Crippen LogP contribution in [0.15, 0.2) is 35.3 Å². The highest BCUT2D eigenvalue weighted by molar-refractivity contribution is 5.98. The van der Waals surface area contributed by atoms with Gasteiger partial charge >= 0.3 is 5.97 Å². The van der Waals surface area contributed by atoms with Crippen molar-refractivity contribution in [3.63, 3.8) is 0 Å². The van der Waals surface area contributed by atoms with E-state index in [0.717, 1.165) is 37.8 Å². The molecule has 1 atom stereocenters. The molecule has 1 aromatic carbocycles. The van der Waals surface area contributed by atoms with Crippen LogP contribution in [0.4, 0.5) is 0 Å². The van der Waals surface area contributed by atoms with Gasteiger partial charge in [0.05, 0.1) is 12.8 Å². The zero-order valence-corrected chi connectivity index (χ0v) is 16.9. The molecule has 1 aliphatic carbocycles. The number of carbonyl (C=O) groups is 2. The van der Waals surface area contributed by atoms with Gasteiger partial charge in [0.25, 0.3) is 11.5 Å². The normalized spacial score (nSPS) is 18.4. The Balaban J connectivity index is 1.78. The molecule has 4 rings (SSSR count). The first-order valence-electron chi connectivity index (χ1n) is 10.2. The van der Waals surface area contributed by atoms with Gasteiger partial charge in [-0.1, -0.05) is 12.1 Å². The number of aromatic nitrogens is 1. The average molecular weight is 394 g/mol. The number of hydrogen-bond acceptors (Lipinski definition) is 4. The minimum absolute atomic E-state index is 0.138. The fraction of sp³-hybridized carbons (Fsp3) is 0.435. The summed E-state index contributed by atoms with van der Waals surface area (Å²) in [6.45, 7) is 2.22. The first kappa shape index (κ1) is 19.4. The summed E-state index contributed by atoms with van der Waals surface area (Å²) in [6, 6.07) is 7.18. The third-order valence-electron chi connectivity index (χ3n) is 6.13. The maximum Gasteiger partial charge on any atom is 0.328 e. The van der Waals surface area contributed by atoms with Crippen molar-refractivity contribution in [2.45, 2.75) is 51.5 Å². The van der Waals surface area contributed by atoms with E-state index in [0.29, 0.717) is 18.5 Å². The van der Waals surface area contributed by atoms with Crippen LogP contribution in [0.1, 0.15) is 52.7 Å². The second-order valence-corrected chi connectivity index (χ2v) is 7.85. The highest BCUT2D eigenvalue weighted by atomic mass is 16.5. The number of carbonyl (C=O) groups excluding carboxylic acids is 2. The van der Waals surface area contributed by atoms with Gasteiger partial charge in [-0.2, -0.15) is 0 Å². The Morgan fingerprint density at radius 3 is 2.72 bits per heavy atom. The Hall–Kier alpha value is -2.89. The van der Waals surface area contributed by atoms with Crippen LogP contribution in [-0.4, -0.2) is 41.0 Å². The second kappa shape index (κ2) is 7.85. The SMILES string of the molecule is COC(=O)C1CCCCN1C(=O)c1c(C)ccn(-c2cccc3c2CCC3)c1=O. The maximum atomic E-state index is 13.4. The number of ether oxygens (including phenoxy) is 1. The standard InChI is InChI=1S/C23H26N2O4/c1-15-12-14-25(18-11-6-8-16-7-5-9-17(16)18)22(27)20(15)21(26)24-13-4-3-10-19(24)23(28)29-2/h6,8,11-12,14,19H,3-5,7,9-10,13H2,1-2H3. The minimum atomic E-state index is -0.630. The zero-order valence-electron chi connectivity index (χ0n) is 16.9. The third kappa shape index (κ3) is 3.37. The summed E-state index contributed by atoms with van der Waals surface area (Å²) in [5, 5.41) is 0. The van der Waals surface area contributed by atoms with E-state index in [1.807, 2.05) is 12.1 Å². The summed E-state index contributed by atoms with van der Waals surface area (Å²) in [7, 11) is 1.33. The lowest BCUT2D eigenvalue weighted by Gasteiger charge is -2.34. The monoisotopic (exact) mass is 394 g/mol. The van der Waals surface area contributed by atoms with Gasteiger partial charge in [0.2, 0.25) is 0 Å².